The summed E-state index contributed by atoms with van der Waals surface area (Å²) in [4.78, 5) is 12.1. The van der Waals surface area contributed by atoms with Crippen LogP contribution in [0.5, 0.6) is 11.5 Å². The van der Waals surface area contributed by atoms with Crippen LogP contribution in [-0.4, -0.2) is 16.0 Å². The number of ketones is 1. The summed E-state index contributed by atoms with van der Waals surface area (Å²) in [6.07, 6.45) is -0.144. The Morgan fingerprint density at radius 1 is 1.11 bits per heavy atom. The van der Waals surface area contributed by atoms with Crippen LogP contribution in [-0.2, 0) is 5.79 Å². The van der Waals surface area contributed by atoms with Gasteiger partial charge in [-0.25, -0.2) is 0 Å². The molecule has 2 aromatic carbocycles. The summed E-state index contributed by atoms with van der Waals surface area (Å²) >= 11 is 0. The fourth-order valence-corrected chi connectivity index (χ4v) is 2.22. The molecule has 1 aliphatic rings. The first-order valence-electron chi connectivity index (χ1n) is 5.92. The van der Waals surface area contributed by atoms with Gasteiger partial charge < -0.3 is 14.9 Å². The zero-order chi connectivity index (χ0) is 13.5. The van der Waals surface area contributed by atoms with Crippen molar-refractivity contribution in [2.24, 2.45) is 0 Å². The topological polar surface area (TPSA) is 66.8 Å². The van der Waals surface area contributed by atoms with Crippen molar-refractivity contribution >= 4 is 5.78 Å². The van der Waals surface area contributed by atoms with E-state index >= 15 is 0 Å². The predicted octanol–water partition coefficient (Wildman–Crippen LogP) is 2.20. The molecule has 0 spiro atoms. The van der Waals surface area contributed by atoms with Crippen LogP contribution in [0, 0.1) is 0 Å². The molecule has 2 N–H and O–H groups in total. The van der Waals surface area contributed by atoms with E-state index in [-0.39, 0.29) is 23.7 Å². The molecule has 19 heavy (non-hydrogen) atoms. The summed E-state index contributed by atoms with van der Waals surface area (Å²) in [6, 6.07) is 13.0. The van der Waals surface area contributed by atoms with Gasteiger partial charge in [-0.05, 0) is 12.1 Å². The molecule has 0 bridgehead atoms. The lowest BCUT2D eigenvalue weighted by molar-refractivity contribution is -0.147. The first-order valence-corrected chi connectivity index (χ1v) is 5.92. The highest BCUT2D eigenvalue weighted by Gasteiger charge is 2.40. The van der Waals surface area contributed by atoms with Gasteiger partial charge in [-0.1, -0.05) is 30.3 Å². The Hall–Kier alpha value is -2.33. The molecule has 0 amide bonds. The van der Waals surface area contributed by atoms with Gasteiger partial charge in [0, 0.05) is 11.6 Å². The van der Waals surface area contributed by atoms with Crippen LogP contribution in [0.25, 0.3) is 0 Å². The standard InChI is InChI=1S/C15H12O4/c16-11-6-7-12-13(17)9-15(18,19-14(12)8-11)10-4-2-1-3-5-10/h1-8,16,18H,9H2. The van der Waals surface area contributed by atoms with Crippen LogP contribution in [0.15, 0.2) is 48.5 Å². The Labute approximate surface area is 109 Å². The maximum absolute atomic E-state index is 12.1. The maximum atomic E-state index is 12.1. The number of hydrogen-bond acceptors (Lipinski definition) is 4. The highest BCUT2D eigenvalue weighted by Crippen LogP contribution is 2.39. The number of fused-ring (bicyclic) bond motifs is 1. The van der Waals surface area contributed by atoms with Crippen LogP contribution < -0.4 is 4.74 Å². The number of hydrogen-bond donors (Lipinski definition) is 2. The van der Waals surface area contributed by atoms with Gasteiger partial charge in [-0.15, -0.1) is 0 Å². The van der Waals surface area contributed by atoms with Crippen molar-refractivity contribution in [3.8, 4) is 11.5 Å². The Bertz CT molecular complexity index is 636. The molecule has 0 radical (unpaired) electrons. The third-order valence-corrected chi connectivity index (χ3v) is 3.17. The van der Waals surface area contributed by atoms with Crippen molar-refractivity contribution in [2.75, 3.05) is 0 Å². The first kappa shape index (κ1) is 11.7. The smallest absolute Gasteiger partial charge is 0.242 e. The van der Waals surface area contributed by atoms with E-state index < -0.39 is 5.79 Å². The largest absolute Gasteiger partial charge is 0.508 e. The lowest BCUT2D eigenvalue weighted by atomic mass is 9.93. The van der Waals surface area contributed by atoms with Gasteiger partial charge >= 0.3 is 0 Å². The number of carbonyl (C=O) groups excluding carboxylic acids is 1. The number of phenolic OH excluding ortho intramolecular Hbond substituents is 1. The third-order valence-electron chi connectivity index (χ3n) is 3.17. The molecule has 0 saturated heterocycles. The van der Waals surface area contributed by atoms with Gasteiger partial charge in [-0.3, -0.25) is 4.79 Å². The normalized spacial score (nSPS) is 21.6. The second kappa shape index (κ2) is 4.10. The van der Waals surface area contributed by atoms with Gasteiger partial charge in [0.25, 0.3) is 0 Å². The van der Waals surface area contributed by atoms with E-state index in [1.54, 1.807) is 24.3 Å². The van der Waals surface area contributed by atoms with Gasteiger partial charge in [0.15, 0.2) is 5.78 Å². The molecule has 3 rings (SSSR count). The minimum atomic E-state index is -1.68. The number of benzene rings is 2. The Kier molecular flexibility index (Phi) is 2.54. The second-order valence-electron chi connectivity index (χ2n) is 4.53. The molecule has 0 aromatic heterocycles. The molecular weight excluding hydrogens is 244 g/mol. The SMILES string of the molecule is O=C1CC(O)(c2ccccc2)Oc2cc(O)ccc21. The van der Waals surface area contributed by atoms with Crippen molar-refractivity contribution < 1.29 is 19.7 Å². The van der Waals surface area contributed by atoms with E-state index in [1.165, 1.54) is 18.2 Å². The Balaban J connectivity index is 2.07. The van der Waals surface area contributed by atoms with E-state index in [0.717, 1.165) is 0 Å². The van der Waals surface area contributed by atoms with Crippen molar-refractivity contribution in [3.05, 3.63) is 59.7 Å². The molecule has 0 fully saturated rings. The van der Waals surface area contributed by atoms with Gasteiger partial charge in [0.2, 0.25) is 5.79 Å². The lowest BCUT2D eigenvalue weighted by Gasteiger charge is -2.33. The van der Waals surface area contributed by atoms with Gasteiger partial charge in [0.1, 0.15) is 11.5 Å². The number of rotatable bonds is 1. The van der Waals surface area contributed by atoms with Crippen LogP contribution in [0.3, 0.4) is 0 Å². The zero-order valence-corrected chi connectivity index (χ0v) is 10.0. The summed E-state index contributed by atoms with van der Waals surface area (Å²) in [5.74, 6) is -1.71. The number of aromatic hydroxyl groups is 1. The summed E-state index contributed by atoms with van der Waals surface area (Å²) < 4.78 is 5.53. The van der Waals surface area contributed by atoms with E-state index in [2.05, 4.69) is 0 Å². The zero-order valence-electron chi connectivity index (χ0n) is 10.0. The minimum absolute atomic E-state index is 0.0103. The molecule has 1 unspecified atom stereocenters. The van der Waals surface area contributed by atoms with Crippen LogP contribution in [0.2, 0.25) is 0 Å². The van der Waals surface area contributed by atoms with Crippen LogP contribution >= 0.6 is 0 Å². The number of aliphatic hydroxyl groups is 1. The molecule has 4 nitrogen and oxygen atoms in total. The Morgan fingerprint density at radius 3 is 2.58 bits per heavy atom. The molecular formula is C15H12O4. The van der Waals surface area contributed by atoms with Crippen molar-refractivity contribution in [3.63, 3.8) is 0 Å². The fraction of sp³-hybridized carbons (Fsp3) is 0.133. The van der Waals surface area contributed by atoms with E-state index in [1.807, 2.05) is 6.07 Å². The summed E-state index contributed by atoms with van der Waals surface area (Å²) in [5, 5.41) is 20.0. The Morgan fingerprint density at radius 2 is 1.84 bits per heavy atom. The molecule has 4 heteroatoms. The minimum Gasteiger partial charge on any atom is -0.508 e. The second-order valence-corrected chi connectivity index (χ2v) is 4.53. The highest BCUT2D eigenvalue weighted by molar-refractivity contribution is 6.00. The molecule has 0 aliphatic carbocycles. The molecule has 96 valence electrons. The van der Waals surface area contributed by atoms with Gasteiger partial charge in [-0.2, -0.15) is 0 Å². The number of ether oxygens (including phenoxy) is 1. The van der Waals surface area contributed by atoms with Gasteiger partial charge in [0.05, 0.1) is 12.0 Å². The number of phenols is 1. The monoisotopic (exact) mass is 256 g/mol. The molecule has 1 atom stereocenters. The molecule has 1 aliphatic heterocycles. The van der Waals surface area contributed by atoms with Crippen molar-refractivity contribution in [1.29, 1.82) is 0 Å². The summed E-state index contributed by atoms with van der Waals surface area (Å²) in [6.45, 7) is 0. The van der Waals surface area contributed by atoms with Crippen molar-refractivity contribution in [1.82, 2.24) is 0 Å². The van der Waals surface area contributed by atoms with Crippen LogP contribution in [0.4, 0.5) is 0 Å². The lowest BCUT2D eigenvalue weighted by Crippen LogP contribution is -2.39. The van der Waals surface area contributed by atoms with E-state index in [4.69, 9.17) is 4.74 Å². The predicted molar refractivity (Wildman–Crippen MR) is 68.0 cm³/mol. The summed E-state index contributed by atoms with van der Waals surface area (Å²) in [7, 11) is 0. The molecule has 2 aromatic rings. The number of Topliss-reactive ketones (excluding diaryl/α,β-unsaturated/α-hetero) is 1. The average Bonchev–Trinajstić information content (AvgIpc) is 2.39. The highest BCUT2D eigenvalue weighted by atomic mass is 16.6. The summed E-state index contributed by atoms with van der Waals surface area (Å²) in [5.41, 5.74) is 0.885. The average molecular weight is 256 g/mol. The van der Waals surface area contributed by atoms with Crippen LogP contribution in [0.1, 0.15) is 22.3 Å². The molecule has 1 heterocycles. The fourth-order valence-electron chi connectivity index (χ4n) is 2.22. The third kappa shape index (κ3) is 1.96. The van der Waals surface area contributed by atoms with Crippen molar-refractivity contribution in [2.45, 2.75) is 12.2 Å². The quantitative estimate of drug-likeness (QED) is 0.820. The number of carbonyl (C=O) groups is 1. The maximum Gasteiger partial charge on any atom is 0.242 e. The first-order chi connectivity index (χ1) is 9.08. The molecule has 0 saturated carbocycles. The van der Waals surface area contributed by atoms with E-state index in [9.17, 15) is 15.0 Å². The van der Waals surface area contributed by atoms with E-state index in [0.29, 0.717) is 11.1 Å².